The lowest BCUT2D eigenvalue weighted by molar-refractivity contribution is -0.125. The molecule has 8 nitrogen and oxygen atoms in total. The monoisotopic (exact) mass is 396 g/mol. The number of aryl methyl sites for hydroxylation is 1. The molecule has 3 aromatic heterocycles. The minimum Gasteiger partial charge on any atom is -0.473 e. The number of nitrogens with zero attached hydrogens (tertiary/aromatic N) is 6. The molecule has 150 valence electrons. The highest BCUT2D eigenvalue weighted by molar-refractivity contribution is 5.93. The van der Waals surface area contributed by atoms with Crippen LogP contribution in [0.3, 0.4) is 0 Å². The predicted octanol–water partition coefficient (Wildman–Crippen LogP) is 2.05. The first-order valence-electron chi connectivity index (χ1n) is 9.35. The highest BCUT2D eigenvalue weighted by Gasteiger charge is 2.32. The third kappa shape index (κ3) is 3.66. The molecule has 3 heterocycles. The molecule has 0 spiro atoms. The van der Waals surface area contributed by atoms with Crippen molar-refractivity contribution in [3.8, 4) is 29.0 Å². The minimum atomic E-state index is -0.495. The second-order valence-electron chi connectivity index (χ2n) is 7.12. The third-order valence-corrected chi connectivity index (χ3v) is 5.16. The summed E-state index contributed by atoms with van der Waals surface area (Å²) in [6.07, 6.45) is 8.27. The van der Waals surface area contributed by atoms with Gasteiger partial charge in [-0.05, 0) is 25.7 Å². The van der Waals surface area contributed by atoms with Gasteiger partial charge < -0.3 is 9.64 Å². The number of fused-ring (bicyclic) bond motifs is 1. The van der Waals surface area contributed by atoms with Gasteiger partial charge in [0.05, 0.1) is 24.3 Å². The van der Waals surface area contributed by atoms with E-state index in [1.807, 2.05) is 13.2 Å². The number of carbonyl (C=O) groups is 1. The average Bonchev–Trinajstić information content (AvgIpc) is 3.42. The van der Waals surface area contributed by atoms with Gasteiger partial charge in [0.25, 0.3) is 5.91 Å². The predicted molar refractivity (Wildman–Crippen MR) is 103 cm³/mol. The first-order chi connectivity index (χ1) is 14.0. The molecule has 3 aromatic rings. The summed E-state index contributed by atoms with van der Waals surface area (Å²) in [7, 11) is 3.56. The van der Waals surface area contributed by atoms with Crippen LogP contribution in [0, 0.1) is 17.7 Å². The van der Waals surface area contributed by atoms with E-state index in [0.717, 1.165) is 24.6 Å². The van der Waals surface area contributed by atoms with Crippen LogP contribution in [0.25, 0.3) is 16.8 Å². The molecule has 1 aliphatic rings. The summed E-state index contributed by atoms with van der Waals surface area (Å²) in [5, 5.41) is 8.22. The van der Waals surface area contributed by atoms with E-state index in [2.05, 4.69) is 27.0 Å². The van der Waals surface area contributed by atoms with Gasteiger partial charge in [0.15, 0.2) is 11.3 Å². The lowest BCUT2D eigenvalue weighted by atomic mass is 10.2. The van der Waals surface area contributed by atoms with Crippen molar-refractivity contribution in [1.29, 1.82) is 0 Å². The summed E-state index contributed by atoms with van der Waals surface area (Å²) in [6, 6.07) is 0.0284. The number of aromatic nitrogens is 5. The van der Waals surface area contributed by atoms with E-state index in [1.54, 1.807) is 35.9 Å². The van der Waals surface area contributed by atoms with Crippen LogP contribution < -0.4 is 4.74 Å². The number of carbonyl (C=O) groups excluding carboxylic acids is 1. The highest BCUT2D eigenvalue weighted by atomic mass is 19.1. The van der Waals surface area contributed by atoms with Crippen LogP contribution in [0.4, 0.5) is 4.39 Å². The van der Waals surface area contributed by atoms with Gasteiger partial charge in [-0.3, -0.25) is 9.48 Å². The minimum absolute atomic E-state index is 0.0284. The Morgan fingerprint density at radius 2 is 2.14 bits per heavy atom. The molecule has 0 aromatic carbocycles. The number of ether oxygens (including phenoxy) is 1. The molecule has 0 N–H and O–H groups in total. The second kappa shape index (κ2) is 7.54. The normalized spacial score (nSPS) is 18.5. The van der Waals surface area contributed by atoms with E-state index in [9.17, 15) is 9.18 Å². The molecule has 1 fully saturated rings. The molecule has 1 aliphatic carbocycles. The number of halogens is 1. The van der Waals surface area contributed by atoms with Crippen molar-refractivity contribution in [3.63, 3.8) is 0 Å². The smallest absolute Gasteiger partial charge is 0.298 e. The Bertz CT molecular complexity index is 1130. The van der Waals surface area contributed by atoms with Gasteiger partial charge in [0.1, 0.15) is 6.10 Å². The fourth-order valence-electron chi connectivity index (χ4n) is 3.62. The molecule has 0 radical (unpaired) electrons. The Balaban J connectivity index is 1.60. The van der Waals surface area contributed by atoms with Gasteiger partial charge in [-0.15, -0.1) is 0 Å². The standard InChI is InChI=1S/C20H21FN6O2/c1-4-5-18(28)26(3)14-6-7-15(8-14)29-20-19-16(21)10-23-27(19)12-17(24-20)13-9-22-25(2)11-13/h9-12,14-15H,6-8H2,1-3H3/t14-,15+/m0/s1. The zero-order chi connectivity index (χ0) is 20.5. The Kier molecular flexibility index (Phi) is 4.92. The Morgan fingerprint density at radius 3 is 2.86 bits per heavy atom. The lowest BCUT2D eigenvalue weighted by Crippen LogP contribution is -2.35. The molecule has 1 amide bonds. The van der Waals surface area contributed by atoms with E-state index < -0.39 is 5.82 Å². The SMILES string of the molecule is CC#CC(=O)N(C)[C@H]1CC[C@@H](Oc2nc(-c3cnn(C)c3)cn3ncc(F)c23)C1. The highest BCUT2D eigenvalue weighted by Crippen LogP contribution is 2.31. The average molecular weight is 396 g/mol. The topological polar surface area (TPSA) is 77.6 Å². The van der Waals surface area contributed by atoms with Crippen LogP contribution >= 0.6 is 0 Å². The number of hydrogen-bond acceptors (Lipinski definition) is 5. The van der Waals surface area contributed by atoms with Crippen LogP contribution in [-0.2, 0) is 11.8 Å². The maximum Gasteiger partial charge on any atom is 0.298 e. The van der Waals surface area contributed by atoms with E-state index in [4.69, 9.17) is 4.74 Å². The Labute approximate surface area is 167 Å². The maximum absolute atomic E-state index is 14.3. The zero-order valence-electron chi connectivity index (χ0n) is 16.5. The molecular formula is C20H21FN6O2. The van der Waals surface area contributed by atoms with Gasteiger partial charge >= 0.3 is 0 Å². The molecule has 0 saturated heterocycles. The quantitative estimate of drug-likeness (QED) is 0.631. The van der Waals surface area contributed by atoms with E-state index in [0.29, 0.717) is 12.1 Å². The van der Waals surface area contributed by atoms with Crippen LogP contribution in [-0.4, -0.2) is 54.4 Å². The third-order valence-electron chi connectivity index (χ3n) is 5.16. The van der Waals surface area contributed by atoms with Crippen LogP contribution in [0.15, 0.2) is 24.8 Å². The maximum atomic E-state index is 14.3. The number of rotatable bonds is 4. The Morgan fingerprint density at radius 1 is 1.31 bits per heavy atom. The van der Waals surface area contributed by atoms with Crippen LogP contribution in [0.2, 0.25) is 0 Å². The van der Waals surface area contributed by atoms with Crippen molar-refractivity contribution in [2.75, 3.05) is 7.05 Å². The number of hydrogen-bond donors (Lipinski definition) is 0. The van der Waals surface area contributed by atoms with Gasteiger partial charge in [-0.1, -0.05) is 5.92 Å². The molecule has 0 bridgehead atoms. The summed E-state index contributed by atoms with van der Waals surface area (Å²) in [6.45, 7) is 1.64. The summed E-state index contributed by atoms with van der Waals surface area (Å²) in [5.41, 5.74) is 1.56. The van der Waals surface area contributed by atoms with Crippen LogP contribution in [0.5, 0.6) is 5.88 Å². The fourth-order valence-corrected chi connectivity index (χ4v) is 3.62. The molecule has 4 rings (SSSR count). The second-order valence-corrected chi connectivity index (χ2v) is 7.12. The summed E-state index contributed by atoms with van der Waals surface area (Å²) >= 11 is 0. The van der Waals surface area contributed by atoms with Crippen molar-refractivity contribution in [3.05, 3.63) is 30.6 Å². The van der Waals surface area contributed by atoms with Crippen molar-refractivity contribution in [2.24, 2.45) is 7.05 Å². The van der Waals surface area contributed by atoms with Crippen LogP contribution in [0.1, 0.15) is 26.2 Å². The van der Waals surface area contributed by atoms with Gasteiger partial charge in [-0.25, -0.2) is 13.9 Å². The zero-order valence-corrected chi connectivity index (χ0v) is 16.5. The molecule has 0 unspecified atom stereocenters. The van der Waals surface area contributed by atoms with Crippen molar-refractivity contribution in [2.45, 2.75) is 38.3 Å². The van der Waals surface area contributed by atoms with E-state index in [-0.39, 0.29) is 29.4 Å². The lowest BCUT2D eigenvalue weighted by Gasteiger charge is -2.22. The van der Waals surface area contributed by atoms with Gasteiger partial charge in [0, 0.05) is 38.3 Å². The molecule has 1 saturated carbocycles. The van der Waals surface area contributed by atoms with Crippen molar-refractivity contribution < 1.29 is 13.9 Å². The largest absolute Gasteiger partial charge is 0.473 e. The molecule has 0 aliphatic heterocycles. The van der Waals surface area contributed by atoms with Crippen molar-refractivity contribution >= 4 is 11.4 Å². The van der Waals surface area contributed by atoms with Crippen molar-refractivity contribution in [1.82, 2.24) is 29.3 Å². The van der Waals surface area contributed by atoms with E-state index in [1.165, 1.54) is 4.52 Å². The van der Waals surface area contributed by atoms with E-state index >= 15 is 0 Å². The first-order valence-corrected chi connectivity index (χ1v) is 9.35. The Hall–Kier alpha value is -3.41. The molecule has 2 atom stereocenters. The summed E-state index contributed by atoms with van der Waals surface area (Å²) in [4.78, 5) is 18.2. The molecular weight excluding hydrogens is 375 g/mol. The molecule has 29 heavy (non-hydrogen) atoms. The summed E-state index contributed by atoms with van der Waals surface area (Å²) < 4.78 is 23.5. The fraction of sp³-hybridized carbons (Fsp3) is 0.400. The van der Waals surface area contributed by atoms with Gasteiger partial charge in [0.2, 0.25) is 5.88 Å². The van der Waals surface area contributed by atoms with Gasteiger partial charge in [-0.2, -0.15) is 10.2 Å². The summed E-state index contributed by atoms with van der Waals surface area (Å²) in [5.74, 6) is 4.67. The number of amides is 1. The first kappa shape index (κ1) is 18.9. The molecule has 9 heteroatoms.